The zero-order chi connectivity index (χ0) is 27.4. The molecule has 1 aliphatic heterocycles. The van der Waals surface area contributed by atoms with Gasteiger partial charge in [0.25, 0.3) is 5.78 Å². The number of ether oxygens (including phenoxy) is 7. The second kappa shape index (κ2) is 11.1. The van der Waals surface area contributed by atoms with E-state index in [9.17, 15) is 9.90 Å². The molecule has 9 heteroatoms. The molecule has 0 atom stereocenters. The van der Waals surface area contributed by atoms with Crippen LogP contribution in [-0.2, 0) is 4.79 Å². The molecule has 4 rings (SSSR count). The Hall–Kier alpha value is -4.79. The highest BCUT2D eigenvalue weighted by Gasteiger charge is 2.27. The van der Waals surface area contributed by atoms with E-state index in [4.69, 9.17) is 33.2 Å². The molecule has 198 valence electrons. The minimum atomic E-state index is -0.526. The summed E-state index contributed by atoms with van der Waals surface area (Å²) in [5.74, 6) is 1.75. The van der Waals surface area contributed by atoms with Gasteiger partial charge in [-0.1, -0.05) is 6.07 Å². The third-order valence-corrected chi connectivity index (χ3v) is 5.75. The van der Waals surface area contributed by atoms with Crippen LogP contribution in [0.3, 0.4) is 0 Å². The average molecular weight is 521 g/mol. The summed E-state index contributed by atoms with van der Waals surface area (Å²) < 4.78 is 38.9. The minimum absolute atomic E-state index is 0.00201. The molecule has 0 bridgehead atoms. The predicted molar refractivity (Wildman–Crippen MR) is 141 cm³/mol. The first-order valence-corrected chi connectivity index (χ1v) is 11.5. The fourth-order valence-electron chi connectivity index (χ4n) is 3.96. The van der Waals surface area contributed by atoms with E-state index in [0.717, 1.165) is 5.56 Å². The molecule has 0 radical (unpaired) electrons. The third-order valence-electron chi connectivity index (χ3n) is 5.75. The molecule has 0 fully saturated rings. The van der Waals surface area contributed by atoms with Crippen molar-refractivity contribution in [2.45, 2.75) is 6.92 Å². The average Bonchev–Trinajstić information content (AvgIpc) is 3.03. The highest BCUT2D eigenvalue weighted by atomic mass is 16.5. The molecular formula is C29H28O9. The van der Waals surface area contributed by atoms with Gasteiger partial charge in [-0.25, -0.2) is 0 Å². The Morgan fingerprint density at radius 2 is 1.16 bits per heavy atom. The number of fused-ring (bicyclic) bond motifs is 1. The van der Waals surface area contributed by atoms with E-state index in [2.05, 4.69) is 0 Å². The maximum absolute atomic E-state index is 13.7. The van der Waals surface area contributed by atoms with Gasteiger partial charge in [-0.15, -0.1) is 0 Å². The number of Topliss-reactive ketones (excluding diaryl/α,β-unsaturated/α-hetero) is 1. The van der Waals surface area contributed by atoms with Gasteiger partial charge in [0.15, 0.2) is 46.0 Å². The second-order valence-corrected chi connectivity index (χ2v) is 8.23. The summed E-state index contributed by atoms with van der Waals surface area (Å²) in [6, 6.07) is 11.8. The van der Waals surface area contributed by atoms with Crippen molar-refractivity contribution in [2.75, 3.05) is 35.5 Å². The van der Waals surface area contributed by atoms with Gasteiger partial charge < -0.3 is 38.3 Å². The van der Waals surface area contributed by atoms with Crippen LogP contribution in [0.15, 0.2) is 54.0 Å². The number of phenolic OH excluding ortho intramolecular Hbond substituents is 1. The van der Waals surface area contributed by atoms with Gasteiger partial charge in [0.05, 0.1) is 35.5 Å². The number of ketones is 1. The largest absolute Gasteiger partial charge is 0.504 e. The van der Waals surface area contributed by atoms with Crippen LogP contribution in [0, 0.1) is 6.92 Å². The number of hydrogen-bond donors (Lipinski definition) is 1. The van der Waals surface area contributed by atoms with Gasteiger partial charge in [-0.05, 0) is 72.2 Å². The maximum atomic E-state index is 13.7. The molecule has 3 aromatic rings. The van der Waals surface area contributed by atoms with Crippen molar-refractivity contribution in [1.29, 1.82) is 0 Å². The van der Waals surface area contributed by atoms with Gasteiger partial charge in [0, 0.05) is 0 Å². The van der Waals surface area contributed by atoms with Gasteiger partial charge >= 0.3 is 0 Å². The number of aromatic hydroxyl groups is 1. The quantitative estimate of drug-likeness (QED) is 0.423. The number of hydrogen-bond acceptors (Lipinski definition) is 9. The van der Waals surface area contributed by atoms with E-state index < -0.39 is 5.78 Å². The zero-order valence-electron chi connectivity index (χ0n) is 21.9. The van der Waals surface area contributed by atoms with Crippen molar-refractivity contribution in [2.24, 2.45) is 0 Å². The molecule has 0 aliphatic carbocycles. The standard InChI is InChI=1S/C29H28O9/c1-16-7-8-20-21(9-16)38-23(11-17-10-19(30)28(35-5)24(13-17)32-2)27(31)22(37-20)12-18-14-25(33-3)29(36-6)26(15-18)34-4/h7-15,30H,1-6H3. The minimum Gasteiger partial charge on any atom is -0.504 e. The second-order valence-electron chi connectivity index (χ2n) is 8.23. The molecular weight excluding hydrogens is 492 g/mol. The van der Waals surface area contributed by atoms with Gasteiger partial charge in [-0.2, -0.15) is 0 Å². The lowest BCUT2D eigenvalue weighted by Crippen LogP contribution is -2.12. The molecule has 0 amide bonds. The number of benzene rings is 3. The Morgan fingerprint density at radius 3 is 1.68 bits per heavy atom. The smallest absolute Gasteiger partial charge is 0.263 e. The van der Waals surface area contributed by atoms with Crippen LogP contribution in [0.25, 0.3) is 12.2 Å². The fourth-order valence-corrected chi connectivity index (χ4v) is 3.96. The SMILES string of the molecule is COc1cc(C=C2Oc3cc(C)ccc3OC(=Cc3cc(OC)c(OC)c(OC)c3)C2=O)cc(O)c1OC. The number of carbonyl (C=O) groups excluding carboxylic acids is 1. The van der Waals surface area contributed by atoms with Crippen molar-refractivity contribution >= 4 is 17.9 Å². The van der Waals surface area contributed by atoms with Crippen LogP contribution in [0.4, 0.5) is 0 Å². The molecule has 0 saturated carbocycles. The van der Waals surface area contributed by atoms with Crippen molar-refractivity contribution < 1.29 is 43.1 Å². The van der Waals surface area contributed by atoms with E-state index in [-0.39, 0.29) is 23.0 Å². The van der Waals surface area contributed by atoms with Crippen LogP contribution < -0.4 is 33.2 Å². The number of methoxy groups -OCH3 is 5. The van der Waals surface area contributed by atoms with Gasteiger partial charge in [0.1, 0.15) is 0 Å². The van der Waals surface area contributed by atoms with Crippen LogP contribution >= 0.6 is 0 Å². The molecule has 9 nitrogen and oxygen atoms in total. The molecule has 0 saturated heterocycles. The Morgan fingerprint density at radius 1 is 0.658 bits per heavy atom. The Kier molecular flexibility index (Phi) is 7.66. The highest BCUT2D eigenvalue weighted by molar-refractivity contribution is 6.11. The van der Waals surface area contributed by atoms with E-state index in [1.54, 1.807) is 36.4 Å². The molecule has 3 aromatic carbocycles. The van der Waals surface area contributed by atoms with Crippen LogP contribution in [0.2, 0.25) is 0 Å². The van der Waals surface area contributed by atoms with Crippen molar-refractivity contribution in [3.8, 4) is 46.0 Å². The topological polar surface area (TPSA) is 102 Å². The Balaban J connectivity index is 1.87. The Labute approximate surface area is 220 Å². The normalized spacial score (nSPS) is 14.7. The van der Waals surface area contributed by atoms with E-state index in [1.807, 2.05) is 13.0 Å². The van der Waals surface area contributed by atoms with Crippen molar-refractivity contribution in [1.82, 2.24) is 0 Å². The van der Waals surface area contributed by atoms with Crippen LogP contribution in [0.1, 0.15) is 16.7 Å². The lowest BCUT2D eigenvalue weighted by Gasteiger charge is -2.13. The molecule has 1 aliphatic rings. The monoisotopic (exact) mass is 520 g/mol. The maximum Gasteiger partial charge on any atom is 0.263 e. The number of rotatable bonds is 7. The first-order chi connectivity index (χ1) is 18.3. The third kappa shape index (κ3) is 5.17. The predicted octanol–water partition coefficient (Wildman–Crippen LogP) is 5.17. The number of aryl methyl sites for hydroxylation is 1. The number of phenols is 1. The first kappa shape index (κ1) is 26.3. The van der Waals surface area contributed by atoms with Gasteiger partial charge in [-0.3, -0.25) is 4.79 Å². The number of carbonyl (C=O) groups is 1. The molecule has 1 heterocycles. The molecule has 1 N–H and O–H groups in total. The van der Waals surface area contributed by atoms with Crippen molar-refractivity contribution in [3.05, 3.63) is 70.7 Å². The summed E-state index contributed by atoms with van der Waals surface area (Å²) in [5, 5.41) is 10.4. The zero-order valence-corrected chi connectivity index (χ0v) is 21.9. The van der Waals surface area contributed by atoms with Gasteiger partial charge in [0.2, 0.25) is 11.5 Å². The summed E-state index contributed by atoms with van der Waals surface area (Å²) in [6.07, 6.45) is 3.05. The van der Waals surface area contributed by atoms with E-state index in [1.165, 1.54) is 47.7 Å². The first-order valence-electron chi connectivity index (χ1n) is 11.5. The fraction of sp³-hybridized carbons (Fsp3) is 0.207. The van der Waals surface area contributed by atoms with Crippen molar-refractivity contribution in [3.63, 3.8) is 0 Å². The summed E-state index contributed by atoms with van der Waals surface area (Å²) in [7, 11) is 7.40. The molecule has 38 heavy (non-hydrogen) atoms. The summed E-state index contributed by atoms with van der Waals surface area (Å²) >= 11 is 0. The van der Waals surface area contributed by atoms with Crippen LogP contribution in [0.5, 0.6) is 46.0 Å². The van der Waals surface area contributed by atoms with E-state index >= 15 is 0 Å². The highest BCUT2D eigenvalue weighted by Crippen LogP contribution is 2.41. The summed E-state index contributed by atoms with van der Waals surface area (Å²) in [5.41, 5.74) is 1.94. The molecule has 0 spiro atoms. The summed E-state index contributed by atoms with van der Waals surface area (Å²) in [4.78, 5) is 13.7. The summed E-state index contributed by atoms with van der Waals surface area (Å²) in [6.45, 7) is 1.90. The van der Waals surface area contributed by atoms with Crippen LogP contribution in [-0.4, -0.2) is 46.4 Å². The Bertz CT molecular complexity index is 1410. The molecule has 0 aromatic heterocycles. The lowest BCUT2D eigenvalue weighted by atomic mass is 10.1. The lowest BCUT2D eigenvalue weighted by molar-refractivity contribution is -0.115. The molecule has 0 unspecified atom stereocenters. The van der Waals surface area contributed by atoms with E-state index in [0.29, 0.717) is 45.6 Å².